The Morgan fingerprint density at radius 1 is 1.50 bits per heavy atom. The van der Waals surface area contributed by atoms with Gasteiger partial charge in [-0.25, -0.2) is 13.6 Å². The molecule has 0 unspecified atom stereocenters. The van der Waals surface area contributed by atoms with Crippen molar-refractivity contribution in [2.24, 2.45) is 5.14 Å². The summed E-state index contributed by atoms with van der Waals surface area (Å²) in [7, 11) is -3.30. The fraction of sp³-hybridized carbons (Fsp3) is 0.500. The highest BCUT2D eigenvalue weighted by molar-refractivity contribution is 7.89. The van der Waals surface area contributed by atoms with E-state index in [0.29, 0.717) is 13.0 Å². The van der Waals surface area contributed by atoms with E-state index in [-0.39, 0.29) is 5.75 Å². The van der Waals surface area contributed by atoms with Crippen LogP contribution >= 0.6 is 11.3 Å². The van der Waals surface area contributed by atoms with E-state index in [0.717, 1.165) is 6.54 Å². The lowest BCUT2D eigenvalue weighted by atomic mass is 10.4. The summed E-state index contributed by atoms with van der Waals surface area (Å²) in [6, 6.07) is 4.03. The van der Waals surface area contributed by atoms with E-state index >= 15 is 0 Å². The van der Waals surface area contributed by atoms with Gasteiger partial charge in [0.2, 0.25) is 10.0 Å². The van der Waals surface area contributed by atoms with Crippen LogP contribution in [-0.2, 0) is 16.6 Å². The van der Waals surface area contributed by atoms with Gasteiger partial charge in [0.1, 0.15) is 0 Å². The summed E-state index contributed by atoms with van der Waals surface area (Å²) in [5.41, 5.74) is 0. The van der Waals surface area contributed by atoms with Crippen molar-refractivity contribution in [2.75, 3.05) is 12.3 Å². The summed E-state index contributed by atoms with van der Waals surface area (Å²) in [4.78, 5) is 1.25. The summed E-state index contributed by atoms with van der Waals surface area (Å²) in [6.45, 7) is 1.47. The van der Waals surface area contributed by atoms with Gasteiger partial charge in [0.05, 0.1) is 5.75 Å². The van der Waals surface area contributed by atoms with E-state index in [4.69, 9.17) is 5.14 Å². The van der Waals surface area contributed by atoms with Crippen LogP contribution in [0, 0.1) is 0 Å². The van der Waals surface area contributed by atoms with Crippen molar-refractivity contribution in [1.82, 2.24) is 5.32 Å². The first-order valence-electron chi connectivity index (χ1n) is 4.31. The van der Waals surface area contributed by atoms with Gasteiger partial charge in [0.25, 0.3) is 0 Å². The minimum atomic E-state index is -3.30. The zero-order valence-electron chi connectivity index (χ0n) is 7.77. The number of hydrogen-bond acceptors (Lipinski definition) is 4. The second-order valence-electron chi connectivity index (χ2n) is 2.98. The van der Waals surface area contributed by atoms with Crippen LogP contribution in [0.5, 0.6) is 0 Å². The molecular weight excluding hydrogens is 220 g/mol. The van der Waals surface area contributed by atoms with Gasteiger partial charge in [-0.15, -0.1) is 11.3 Å². The Labute approximate surface area is 88.2 Å². The summed E-state index contributed by atoms with van der Waals surface area (Å²) in [5.74, 6) is 0.0461. The van der Waals surface area contributed by atoms with Crippen molar-refractivity contribution < 1.29 is 8.42 Å². The molecule has 0 radical (unpaired) electrons. The monoisotopic (exact) mass is 234 g/mol. The molecule has 0 saturated heterocycles. The average Bonchev–Trinajstić information content (AvgIpc) is 2.54. The van der Waals surface area contributed by atoms with Crippen molar-refractivity contribution in [3.8, 4) is 0 Å². The Balaban J connectivity index is 2.06. The number of nitrogens with two attached hydrogens (primary N) is 1. The number of nitrogens with one attached hydrogen (secondary N) is 1. The second kappa shape index (κ2) is 5.45. The van der Waals surface area contributed by atoms with Crippen LogP contribution in [-0.4, -0.2) is 20.7 Å². The number of sulfonamides is 1. The van der Waals surface area contributed by atoms with Gasteiger partial charge in [-0.1, -0.05) is 6.07 Å². The van der Waals surface area contributed by atoms with E-state index in [1.165, 1.54) is 4.88 Å². The minimum Gasteiger partial charge on any atom is -0.312 e. The topological polar surface area (TPSA) is 72.2 Å². The predicted molar refractivity (Wildman–Crippen MR) is 58.6 cm³/mol. The maximum atomic E-state index is 10.6. The van der Waals surface area contributed by atoms with Crippen LogP contribution < -0.4 is 10.5 Å². The molecule has 0 aliphatic carbocycles. The van der Waals surface area contributed by atoms with Gasteiger partial charge in [-0.2, -0.15) is 0 Å². The maximum Gasteiger partial charge on any atom is 0.209 e. The lowest BCUT2D eigenvalue weighted by Gasteiger charge is -2.01. The number of thiophene rings is 1. The Morgan fingerprint density at radius 2 is 2.29 bits per heavy atom. The molecular formula is C8H14N2O2S2. The molecule has 0 atom stereocenters. The predicted octanol–water partition coefficient (Wildman–Crippen LogP) is 0.516. The van der Waals surface area contributed by atoms with Crippen LogP contribution in [0.15, 0.2) is 17.5 Å². The molecule has 4 nitrogen and oxygen atoms in total. The molecule has 1 rings (SSSR count). The van der Waals surface area contributed by atoms with Gasteiger partial charge >= 0.3 is 0 Å². The molecule has 0 aliphatic rings. The molecule has 6 heteroatoms. The third kappa shape index (κ3) is 5.33. The van der Waals surface area contributed by atoms with E-state index in [2.05, 4.69) is 5.32 Å². The Morgan fingerprint density at radius 3 is 2.86 bits per heavy atom. The average molecular weight is 234 g/mol. The fourth-order valence-electron chi connectivity index (χ4n) is 1.02. The zero-order chi connectivity index (χ0) is 10.4. The molecule has 0 fully saturated rings. The quantitative estimate of drug-likeness (QED) is 0.705. The first-order valence-corrected chi connectivity index (χ1v) is 6.91. The third-order valence-corrected chi connectivity index (χ3v) is 3.40. The number of primary sulfonamides is 1. The van der Waals surface area contributed by atoms with E-state index in [1.54, 1.807) is 11.3 Å². The summed E-state index contributed by atoms with van der Waals surface area (Å²) in [5, 5.41) is 10.0. The molecule has 1 aromatic heterocycles. The van der Waals surface area contributed by atoms with Gasteiger partial charge in [0, 0.05) is 11.4 Å². The van der Waals surface area contributed by atoms with Crippen molar-refractivity contribution in [2.45, 2.75) is 13.0 Å². The van der Waals surface area contributed by atoms with E-state index in [1.807, 2.05) is 17.5 Å². The van der Waals surface area contributed by atoms with Gasteiger partial charge in [0.15, 0.2) is 0 Å². The standard InChI is InChI=1S/C8H14N2O2S2/c9-14(11,12)6-2-4-10-7-8-3-1-5-13-8/h1,3,5,10H,2,4,6-7H2,(H2,9,11,12). The normalized spacial score (nSPS) is 11.8. The summed E-state index contributed by atoms with van der Waals surface area (Å²) in [6.07, 6.45) is 0.560. The Hall–Kier alpha value is -0.430. The number of hydrogen-bond donors (Lipinski definition) is 2. The van der Waals surface area contributed by atoms with Crippen LogP contribution in [0.2, 0.25) is 0 Å². The molecule has 0 amide bonds. The molecule has 0 aromatic carbocycles. The molecule has 0 spiro atoms. The van der Waals surface area contributed by atoms with Gasteiger partial charge < -0.3 is 5.32 Å². The number of rotatable bonds is 6. The second-order valence-corrected chi connectivity index (χ2v) is 5.74. The highest BCUT2D eigenvalue weighted by atomic mass is 32.2. The highest BCUT2D eigenvalue weighted by Crippen LogP contribution is 2.06. The fourth-order valence-corrected chi connectivity index (χ4v) is 2.24. The van der Waals surface area contributed by atoms with Crippen LogP contribution in [0.1, 0.15) is 11.3 Å². The van der Waals surface area contributed by atoms with Crippen molar-refractivity contribution >= 4 is 21.4 Å². The Kier molecular flexibility index (Phi) is 4.53. The van der Waals surface area contributed by atoms with Crippen molar-refractivity contribution in [3.05, 3.63) is 22.4 Å². The molecule has 1 heterocycles. The maximum absolute atomic E-state index is 10.6. The molecule has 0 saturated carbocycles. The third-order valence-electron chi connectivity index (χ3n) is 1.66. The zero-order valence-corrected chi connectivity index (χ0v) is 9.40. The lowest BCUT2D eigenvalue weighted by molar-refractivity contribution is 0.590. The first kappa shape index (κ1) is 11.6. The van der Waals surface area contributed by atoms with Crippen molar-refractivity contribution in [3.63, 3.8) is 0 Å². The molecule has 0 aliphatic heterocycles. The minimum absolute atomic E-state index is 0.0461. The van der Waals surface area contributed by atoms with Gasteiger partial charge in [-0.3, -0.25) is 0 Å². The Bertz CT molecular complexity index is 345. The first-order chi connectivity index (χ1) is 6.58. The molecule has 1 aromatic rings. The summed E-state index contributed by atoms with van der Waals surface area (Å²) < 4.78 is 21.2. The largest absolute Gasteiger partial charge is 0.312 e. The molecule has 14 heavy (non-hydrogen) atoms. The van der Waals surface area contributed by atoms with E-state index < -0.39 is 10.0 Å². The molecule has 80 valence electrons. The summed E-state index contributed by atoms with van der Waals surface area (Å²) >= 11 is 1.68. The van der Waals surface area contributed by atoms with Gasteiger partial charge in [-0.05, 0) is 24.4 Å². The lowest BCUT2D eigenvalue weighted by Crippen LogP contribution is -2.21. The van der Waals surface area contributed by atoms with Crippen LogP contribution in [0.25, 0.3) is 0 Å². The molecule has 0 bridgehead atoms. The smallest absolute Gasteiger partial charge is 0.209 e. The SMILES string of the molecule is NS(=O)(=O)CCCNCc1cccs1. The van der Waals surface area contributed by atoms with Crippen LogP contribution in [0.4, 0.5) is 0 Å². The molecule has 3 N–H and O–H groups in total. The van der Waals surface area contributed by atoms with Crippen LogP contribution in [0.3, 0.4) is 0 Å². The van der Waals surface area contributed by atoms with Crippen molar-refractivity contribution in [1.29, 1.82) is 0 Å². The van der Waals surface area contributed by atoms with E-state index in [9.17, 15) is 8.42 Å². The highest BCUT2D eigenvalue weighted by Gasteiger charge is 2.01.